The Kier molecular flexibility index (Phi) is 8.55. The molecule has 3 rings (SSSR count). The molecule has 6 nitrogen and oxygen atoms in total. The van der Waals surface area contributed by atoms with E-state index in [0.29, 0.717) is 12.5 Å². The molecule has 1 aromatic carbocycles. The molecule has 1 aliphatic carbocycles. The molecule has 0 radical (unpaired) electrons. The molecule has 30 heavy (non-hydrogen) atoms. The third-order valence-corrected chi connectivity index (χ3v) is 6.59. The van der Waals surface area contributed by atoms with Crippen LogP contribution in [0, 0.1) is 0 Å². The predicted molar refractivity (Wildman–Crippen MR) is 123 cm³/mol. The summed E-state index contributed by atoms with van der Waals surface area (Å²) in [6, 6.07) is 9.69. The minimum absolute atomic E-state index is 0.234. The topological polar surface area (TPSA) is 60.0 Å². The van der Waals surface area contributed by atoms with Gasteiger partial charge >= 0.3 is 0 Å². The first kappa shape index (κ1) is 22.6. The highest BCUT2D eigenvalue weighted by atomic mass is 16.2. The third kappa shape index (κ3) is 6.21. The molecule has 0 spiro atoms. The first-order valence-electron chi connectivity index (χ1n) is 11.6. The molecule has 166 valence electrons. The molecule has 6 heteroatoms. The Morgan fingerprint density at radius 3 is 2.60 bits per heavy atom. The summed E-state index contributed by atoms with van der Waals surface area (Å²) in [6.45, 7) is 5.25. The average molecular weight is 414 g/mol. The van der Waals surface area contributed by atoms with Crippen molar-refractivity contribution in [2.75, 3.05) is 27.2 Å². The average Bonchev–Trinajstić information content (AvgIpc) is 3.26. The van der Waals surface area contributed by atoms with Gasteiger partial charge in [-0.05, 0) is 37.4 Å². The summed E-state index contributed by atoms with van der Waals surface area (Å²) < 4.78 is 0. The molecule has 2 fully saturated rings. The number of likely N-dealkylation sites (tertiary alicyclic amines) is 1. The Labute approximate surface area is 182 Å². The van der Waals surface area contributed by atoms with Crippen LogP contribution in [0.1, 0.15) is 63.0 Å². The van der Waals surface area contributed by atoms with Gasteiger partial charge in [-0.2, -0.15) is 0 Å². The number of hydrogen-bond acceptors (Lipinski definition) is 3. The first-order chi connectivity index (χ1) is 14.6. The minimum Gasteiger partial charge on any atom is -0.352 e. The second-order valence-electron chi connectivity index (χ2n) is 8.72. The molecular formula is C24H39N5O. The SMILES string of the molecule is CCC(=O)N1CCC(NC(=NC)NCc2ccccc2CN(C)C2CCCCC2)C1. The smallest absolute Gasteiger partial charge is 0.222 e. The van der Waals surface area contributed by atoms with Gasteiger partial charge in [0.05, 0.1) is 0 Å². The van der Waals surface area contributed by atoms with Gasteiger partial charge in [0.25, 0.3) is 0 Å². The molecule has 1 aliphatic heterocycles. The van der Waals surface area contributed by atoms with Crippen molar-refractivity contribution in [3.05, 3.63) is 35.4 Å². The fraction of sp³-hybridized carbons (Fsp3) is 0.667. The second-order valence-corrected chi connectivity index (χ2v) is 8.72. The monoisotopic (exact) mass is 413 g/mol. The standard InChI is InChI=1S/C24H39N5O/c1-4-23(30)29-15-14-21(18-29)27-24(25-2)26-16-19-10-8-9-11-20(19)17-28(3)22-12-6-5-7-13-22/h8-11,21-22H,4-7,12-18H2,1-3H3,(H2,25,26,27). The number of nitrogens with zero attached hydrogens (tertiary/aromatic N) is 3. The Morgan fingerprint density at radius 2 is 1.90 bits per heavy atom. The highest BCUT2D eigenvalue weighted by molar-refractivity contribution is 5.80. The number of aliphatic imine (C=N–C) groups is 1. The molecule has 0 aromatic heterocycles. The van der Waals surface area contributed by atoms with Gasteiger partial charge in [0, 0.05) is 51.7 Å². The fourth-order valence-corrected chi connectivity index (χ4v) is 4.70. The highest BCUT2D eigenvalue weighted by Gasteiger charge is 2.26. The maximum atomic E-state index is 11.9. The van der Waals surface area contributed by atoms with E-state index in [1.807, 2.05) is 18.9 Å². The number of hydrogen-bond donors (Lipinski definition) is 2. The number of amides is 1. The molecule has 1 saturated heterocycles. The summed E-state index contributed by atoms with van der Waals surface area (Å²) in [7, 11) is 4.08. The lowest BCUT2D eigenvalue weighted by molar-refractivity contribution is -0.129. The van der Waals surface area contributed by atoms with Crippen LogP contribution in [0.25, 0.3) is 0 Å². The predicted octanol–water partition coefficient (Wildman–Crippen LogP) is 3.13. The van der Waals surface area contributed by atoms with Crippen molar-refractivity contribution in [3.63, 3.8) is 0 Å². The number of nitrogens with one attached hydrogen (secondary N) is 2. The zero-order chi connectivity index (χ0) is 21.3. The van der Waals surface area contributed by atoms with E-state index in [1.54, 1.807) is 0 Å². The number of rotatable bonds is 7. The zero-order valence-electron chi connectivity index (χ0n) is 19.0. The van der Waals surface area contributed by atoms with Crippen LogP contribution in [-0.4, -0.2) is 60.9 Å². The molecule has 1 saturated carbocycles. The van der Waals surface area contributed by atoms with Crippen molar-refractivity contribution in [2.24, 2.45) is 4.99 Å². The summed E-state index contributed by atoms with van der Waals surface area (Å²) in [6.07, 6.45) is 8.31. The molecule has 2 N–H and O–H groups in total. The van der Waals surface area contributed by atoms with Gasteiger partial charge in [-0.25, -0.2) is 0 Å². The normalized spacial score (nSPS) is 20.6. The highest BCUT2D eigenvalue weighted by Crippen LogP contribution is 2.23. The van der Waals surface area contributed by atoms with Gasteiger partial charge in [0.15, 0.2) is 5.96 Å². The van der Waals surface area contributed by atoms with Crippen LogP contribution in [0.5, 0.6) is 0 Å². The lowest BCUT2D eigenvalue weighted by Crippen LogP contribution is -2.44. The van der Waals surface area contributed by atoms with E-state index >= 15 is 0 Å². The van der Waals surface area contributed by atoms with Gasteiger partial charge in [0.1, 0.15) is 0 Å². The minimum atomic E-state index is 0.234. The van der Waals surface area contributed by atoms with Crippen LogP contribution in [0.3, 0.4) is 0 Å². The Balaban J connectivity index is 1.52. The lowest BCUT2D eigenvalue weighted by Gasteiger charge is -2.31. The molecule has 1 unspecified atom stereocenters. The second kappa shape index (κ2) is 11.3. The zero-order valence-corrected chi connectivity index (χ0v) is 19.0. The Hall–Kier alpha value is -2.08. The van der Waals surface area contributed by atoms with Crippen LogP contribution in [-0.2, 0) is 17.9 Å². The molecule has 1 aromatic rings. The molecule has 2 aliphatic rings. The van der Waals surface area contributed by atoms with E-state index in [-0.39, 0.29) is 11.9 Å². The van der Waals surface area contributed by atoms with Gasteiger partial charge in [-0.15, -0.1) is 0 Å². The molecule has 1 atom stereocenters. The van der Waals surface area contributed by atoms with E-state index in [9.17, 15) is 4.79 Å². The summed E-state index contributed by atoms with van der Waals surface area (Å²) in [5, 5.41) is 6.97. The van der Waals surface area contributed by atoms with E-state index in [2.05, 4.69) is 51.8 Å². The summed E-state index contributed by atoms with van der Waals surface area (Å²) in [4.78, 5) is 20.8. The fourth-order valence-electron chi connectivity index (χ4n) is 4.70. The van der Waals surface area contributed by atoms with Gasteiger partial charge in [0.2, 0.25) is 5.91 Å². The summed E-state index contributed by atoms with van der Waals surface area (Å²) in [5.74, 6) is 1.04. The van der Waals surface area contributed by atoms with E-state index in [0.717, 1.165) is 38.6 Å². The van der Waals surface area contributed by atoms with Gasteiger partial charge < -0.3 is 15.5 Å². The Bertz CT molecular complexity index is 713. The first-order valence-corrected chi connectivity index (χ1v) is 11.6. The summed E-state index contributed by atoms with van der Waals surface area (Å²) in [5.41, 5.74) is 2.70. The number of guanidine groups is 1. The van der Waals surface area contributed by atoms with Crippen molar-refractivity contribution in [2.45, 2.75) is 77.0 Å². The van der Waals surface area contributed by atoms with Crippen molar-refractivity contribution >= 4 is 11.9 Å². The van der Waals surface area contributed by atoms with Crippen molar-refractivity contribution in [3.8, 4) is 0 Å². The van der Waals surface area contributed by atoms with Crippen molar-refractivity contribution in [1.29, 1.82) is 0 Å². The largest absolute Gasteiger partial charge is 0.352 e. The molecule has 1 amide bonds. The van der Waals surface area contributed by atoms with Crippen LogP contribution in [0.15, 0.2) is 29.3 Å². The summed E-state index contributed by atoms with van der Waals surface area (Å²) >= 11 is 0. The van der Waals surface area contributed by atoms with Crippen LogP contribution in [0.4, 0.5) is 0 Å². The van der Waals surface area contributed by atoms with Crippen LogP contribution in [0.2, 0.25) is 0 Å². The molecule has 1 heterocycles. The maximum absolute atomic E-state index is 11.9. The van der Waals surface area contributed by atoms with Gasteiger partial charge in [-0.3, -0.25) is 14.7 Å². The van der Waals surface area contributed by atoms with Crippen LogP contribution >= 0.6 is 0 Å². The Morgan fingerprint density at radius 1 is 1.17 bits per heavy atom. The van der Waals surface area contributed by atoms with E-state index in [4.69, 9.17) is 0 Å². The van der Waals surface area contributed by atoms with Crippen molar-refractivity contribution in [1.82, 2.24) is 20.4 Å². The van der Waals surface area contributed by atoms with Crippen LogP contribution < -0.4 is 10.6 Å². The van der Waals surface area contributed by atoms with E-state index < -0.39 is 0 Å². The maximum Gasteiger partial charge on any atom is 0.222 e. The molecule has 0 bridgehead atoms. The molecular weight excluding hydrogens is 374 g/mol. The quantitative estimate of drug-likeness (QED) is 0.533. The lowest BCUT2D eigenvalue weighted by atomic mass is 9.94. The third-order valence-electron chi connectivity index (χ3n) is 6.59. The van der Waals surface area contributed by atoms with Crippen molar-refractivity contribution < 1.29 is 4.79 Å². The number of carbonyl (C=O) groups is 1. The number of carbonyl (C=O) groups excluding carboxylic acids is 1. The van der Waals surface area contributed by atoms with Gasteiger partial charge in [-0.1, -0.05) is 50.5 Å². The number of benzene rings is 1. The van der Waals surface area contributed by atoms with E-state index in [1.165, 1.54) is 43.2 Å².